The summed E-state index contributed by atoms with van der Waals surface area (Å²) < 4.78 is 0. The van der Waals surface area contributed by atoms with Crippen LogP contribution < -0.4 is 16.2 Å². The second-order valence-electron chi connectivity index (χ2n) is 4.86. The summed E-state index contributed by atoms with van der Waals surface area (Å²) in [7, 11) is 0. The van der Waals surface area contributed by atoms with Crippen LogP contribution >= 0.6 is 11.3 Å². The van der Waals surface area contributed by atoms with E-state index >= 15 is 0 Å². The Bertz CT molecular complexity index is 615. The Balaban J connectivity index is 1.71. The van der Waals surface area contributed by atoms with Crippen LogP contribution in [0.4, 0.5) is 5.13 Å². The average molecular weight is 303 g/mol. The molecule has 1 fully saturated rings. The fourth-order valence-corrected chi connectivity index (χ4v) is 3.04. The van der Waals surface area contributed by atoms with E-state index in [0.29, 0.717) is 11.7 Å². The van der Waals surface area contributed by atoms with E-state index in [0.717, 1.165) is 17.0 Å². The monoisotopic (exact) mass is 303 g/mol. The third-order valence-electron chi connectivity index (χ3n) is 3.48. The van der Waals surface area contributed by atoms with Crippen LogP contribution in [0.1, 0.15) is 23.5 Å². The zero-order valence-corrected chi connectivity index (χ0v) is 12.5. The van der Waals surface area contributed by atoms with Crippen molar-refractivity contribution in [3.05, 3.63) is 40.9 Å². The third kappa shape index (κ3) is 3.10. The lowest BCUT2D eigenvalue weighted by Crippen LogP contribution is -2.29. The molecule has 21 heavy (non-hydrogen) atoms. The molecule has 110 valence electrons. The molecule has 2 unspecified atom stereocenters. The molecule has 3 rings (SSSR count). The van der Waals surface area contributed by atoms with Gasteiger partial charge in [-0.25, -0.2) is 5.43 Å². The summed E-state index contributed by atoms with van der Waals surface area (Å²) in [4.78, 5) is 12.4. The van der Waals surface area contributed by atoms with Crippen LogP contribution in [0, 0.1) is 5.92 Å². The Morgan fingerprint density at radius 3 is 2.90 bits per heavy atom. The Morgan fingerprint density at radius 1 is 1.38 bits per heavy atom. The molecule has 1 amide bonds. The molecule has 1 aliphatic heterocycles. The van der Waals surface area contributed by atoms with Gasteiger partial charge in [-0.05, 0) is 12.0 Å². The maximum absolute atomic E-state index is 12.4. The van der Waals surface area contributed by atoms with Crippen molar-refractivity contribution in [2.24, 2.45) is 5.92 Å². The van der Waals surface area contributed by atoms with E-state index in [1.807, 2.05) is 37.3 Å². The predicted molar refractivity (Wildman–Crippen MR) is 81.7 cm³/mol. The molecule has 2 heterocycles. The summed E-state index contributed by atoms with van der Waals surface area (Å²) in [6.45, 7) is 2.60. The van der Waals surface area contributed by atoms with E-state index in [2.05, 4.69) is 26.4 Å². The molecule has 0 bridgehead atoms. The van der Waals surface area contributed by atoms with Crippen LogP contribution in [0.3, 0.4) is 0 Å². The number of anilines is 1. The Morgan fingerprint density at radius 2 is 2.19 bits per heavy atom. The fourth-order valence-electron chi connectivity index (χ4n) is 2.36. The predicted octanol–water partition coefficient (Wildman–Crippen LogP) is 1.50. The van der Waals surface area contributed by atoms with Crippen LogP contribution in [0.5, 0.6) is 0 Å². The van der Waals surface area contributed by atoms with E-state index in [9.17, 15) is 4.79 Å². The zero-order valence-electron chi connectivity index (χ0n) is 11.7. The largest absolute Gasteiger partial charge is 0.300 e. The standard InChI is InChI=1S/C14H17N5OS/c1-2-11-17-19-14(21-11)16-13(20)10-8-15-18-12(10)9-6-4-3-5-7-9/h3-7,10,12,15,18H,2,8H2,1H3,(H,16,19,20). The van der Waals surface area contributed by atoms with Gasteiger partial charge in [0.2, 0.25) is 11.0 Å². The summed E-state index contributed by atoms with van der Waals surface area (Å²) in [5, 5.41) is 12.4. The number of benzene rings is 1. The minimum atomic E-state index is -0.179. The van der Waals surface area contributed by atoms with Gasteiger partial charge in [-0.2, -0.15) is 0 Å². The normalized spacial score (nSPS) is 21.4. The topological polar surface area (TPSA) is 78.9 Å². The Kier molecular flexibility index (Phi) is 4.23. The van der Waals surface area contributed by atoms with Crippen molar-refractivity contribution in [3.63, 3.8) is 0 Å². The lowest BCUT2D eigenvalue weighted by Gasteiger charge is -2.17. The number of hydrazine groups is 1. The molecule has 7 heteroatoms. The molecule has 0 radical (unpaired) electrons. The maximum atomic E-state index is 12.4. The van der Waals surface area contributed by atoms with Crippen LogP contribution in [-0.4, -0.2) is 22.6 Å². The first-order valence-electron chi connectivity index (χ1n) is 6.94. The number of aromatic nitrogens is 2. The van der Waals surface area contributed by atoms with Crippen molar-refractivity contribution in [2.75, 3.05) is 11.9 Å². The molecule has 1 aromatic heterocycles. The van der Waals surface area contributed by atoms with E-state index in [-0.39, 0.29) is 17.9 Å². The van der Waals surface area contributed by atoms with Gasteiger partial charge in [0, 0.05) is 6.54 Å². The summed E-state index contributed by atoms with van der Waals surface area (Å²) in [5.41, 5.74) is 7.31. The molecule has 1 saturated heterocycles. The highest BCUT2D eigenvalue weighted by Crippen LogP contribution is 2.26. The molecule has 6 nitrogen and oxygen atoms in total. The fraction of sp³-hybridized carbons (Fsp3) is 0.357. The summed E-state index contributed by atoms with van der Waals surface area (Å²) in [6.07, 6.45) is 0.826. The van der Waals surface area contributed by atoms with Crippen LogP contribution in [0.25, 0.3) is 0 Å². The maximum Gasteiger partial charge on any atom is 0.232 e. The smallest absolute Gasteiger partial charge is 0.232 e. The second kappa shape index (κ2) is 6.30. The van der Waals surface area contributed by atoms with Gasteiger partial charge in [0.15, 0.2) is 0 Å². The zero-order chi connectivity index (χ0) is 14.7. The highest BCUT2D eigenvalue weighted by Gasteiger charge is 2.34. The number of carbonyl (C=O) groups excluding carboxylic acids is 1. The van der Waals surface area contributed by atoms with Gasteiger partial charge in [0.1, 0.15) is 5.01 Å². The highest BCUT2D eigenvalue weighted by molar-refractivity contribution is 7.15. The van der Waals surface area contributed by atoms with E-state index in [4.69, 9.17) is 0 Å². The Labute approximate surface area is 127 Å². The number of hydrogen-bond acceptors (Lipinski definition) is 6. The molecule has 1 aliphatic rings. The summed E-state index contributed by atoms with van der Waals surface area (Å²) >= 11 is 1.42. The minimum Gasteiger partial charge on any atom is -0.300 e. The first-order valence-corrected chi connectivity index (χ1v) is 7.76. The van der Waals surface area contributed by atoms with Gasteiger partial charge in [-0.15, -0.1) is 10.2 Å². The highest BCUT2D eigenvalue weighted by atomic mass is 32.1. The first kappa shape index (κ1) is 14.1. The molecule has 1 aromatic carbocycles. The summed E-state index contributed by atoms with van der Waals surface area (Å²) in [5.74, 6) is -0.221. The van der Waals surface area contributed by atoms with Gasteiger partial charge in [-0.1, -0.05) is 48.6 Å². The van der Waals surface area contributed by atoms with Gasteiger partial charge in [-0.3, -0.25) is 10.2 Å². The van der Waals surface area contributed by atoms with Crippen LogP contribution in [0.15, 0.2) is 30.3 Å². The van der Waals surface area contributed by atoms with Crippen molar-refractivity contribution >= 4 is 22.4 Å². The van der Waals surface area contributed by atoms with E-state index in [1.165, 1.54) is 11.3 Å². The molecular formula is C14H17N5OS. The van der Waals surface area contributed by atoms with Crippen molar-refractivity contribution in [1.82, 2.24) is 21.0 Å². The van der Waals surface area contributed by atoms with Gasteiger partial charge < -0.3 is 5.32 Å². The molecular weight excluding hydrogens is 286 g/mol. The Hall–Kier alpha value is -1.83. The number of nitrogens with zero attached hydrogens (tertiary/aromatic N) is 2. The number of carbonyl (C=O) groups is 1. The molecule has 0 saturated carbocycles. The molecule has 0 aliphatic carbocycles. The number of hydrogen-bond donors (Lipinski definition) is 3. The van der Waals surface area contributed by atoms with Crippen LogP contribution in [-0.2, 0) is 11.2 Å². The van der Waals surface area contributed by atoms with Gasteiger partial charge in [0.25, 0.3) is 0 Å². The first-order chi connectivity index (χ1) is 10.3. The molecule has 2 atom stereocenters. The molecule has 3 N–H and O–H groups in total. The lowest BCUT2D eigenvalue weighted by molar-refractivity contribution is -0.119. The van der Waals surface area contributed by atoms with Crippen molar-refractivity contribution in [3.8, 4) is 0 Å². The molecule has 0 spiro atoms. The molecule has 2 aromatic rings. The van der Waals surface area contributed by atoms with E-state index < -0.39 is 0 Å². The van der Waals surface area contributed by atoms with Crippen molar-refractivity contribution < 1.29 is 4.79 Å². The lowest BCUT2D eigenvalue weighted by atomic mass is 9.94. The second-order valence-corrected chi connectivity index (χ2v) is 5.93. The quantitative estimate of drug-likeness (QED) is 0.798. The minimum absolute atomic E-state index is 0.0373. The van der Waals surface area contributed by atoms with Crippen molar-refractivity contribution in [1.29, 1.82) is 0 Å². The van der Waals surface area contributed by atoms with Gasteiger partial charge >= 0.3 is 0 Å². The third-order valence-corrected chi connectivity index (χ3v) is 4.46. The number of rotatable bonds is 4. The SMILES string of the molecule is CCc1nnc(NC(=O)C2CNNC2c2ccccc2)s1. The van der Waals surface area contributed by atoms with Gasteiger partial charge in [0.05, 0.1) is 12.0 Å². The van der Waals surface area contributed by atoms with E-state index in [1.54, 1.807) is 0 Å². The number of aryl methyl sites for hydroxylation is 1. The average Bonchev–Trinajstić information content (AvgIpc) is 3.17. The van der Waals surface area contributed by atoms with Crippen LogP contribution in [0.2, 0.25) is 0 Å². The number of nitrogens with one attached hydrogen (secondary N) is 3. The van der Waals surface area contributed by atoms with Crippen molar-refractivity contribution in [2.45, 2.75) is 19.4 Å². The number of amides is 1. The summed E-state index contributed by atoms with van der Waals surface area (Å²) in [6, 6.07) is 9.92.